The predicted molar refractivity (Wildman–Crippen MR) is 97.8 cm³/mol. The molecule has 1 aromatic heterocycles. The van der Waals surface area contributed by atoms with E-state index in [1.807, 2.05) is 25.1 Å². The molecule has 1 unspecified atom stereocenters. The van der Waals surface area contributed by atoms with Crippen molar-refractivity contribution in [3.05, 3.63) is 29.5 Å². The van der Waals surface area contributed by atoms with E-state index < -0.39 is 5.97 Å². The van der Waals surface area contributed by atoms with Gasteiger partial charge in [0, 0.05) is 17.4 Å². The van der Waals surface area contributed by atoms with Crippen molar-refractivity contribution in [3.8, 4) is 0 Å². The normalized spacial score (nSPS) is 18.3. The first-order valence-electron chi connectivity index (χ1n) is 8.70. The van der Waals surface area contributed by atoms with Crippen LogP contribution < -0.4 is 5.32 Å². The van der Waals surface area contributed by atoms with Gasteiger partial charge in [-0.05, 0) is 43.9 Å². The molecule has 6 nitrogen and oxygen atoms in total. The second-order valence-corrected chi connectivity index (χ2v) is 6.95. The first-order valence-corrected chi connectivity index (χ1v) is 8.70. The molecule has 0 spiro atoms. The average molecular weight is 343 g/mol. The summed E-state index contributed by atoms with van der Waals surface area (Å²) in [4.78, 5) is 29.9. The van der Waals surface area contributed by atoms with Gasteiger partial charge in [-0.1, -0.05) is 19.1 Å². The zero-order valence-electron chi connectivity index (χ0n) is 15.0. The van der Waals surface area contributed by atoms with Gasteiger partial charge in [-0.25, -0.2) is 4.79 Å². The number of fused-ring (bicyclic) bond motifs is 1. The van der Waals surface area contributed by atoms with Gasteiger partial charge in [0.25, 0.3) is 0 Å². The number of esters is 1. The molecule has 1 fully saturated rings. The van der Waals surface area contributed by atoms with Gasteiger partial charge >= 0.3 is 5.97 Å². The molecule has 1 saturated heterocycles. The SMILES string of the molecule is COC(=O)c1[nH]c2cc(C)ccc2c1NC(=O)CN1CCCC(C)C1. The number of hydrogen-bond acceptors (Lipinski definition) is 4. The van der Waals surface area contributed by atoms with E-state index >= 15 is 0 Å². The molecule has 1 aromatic carbocycles. The van der Waals surface area contributed by atoms with Crippen molar-refractivity contribution in [1.29, 1.82) is 0 Å². The fourth-order valence-electron chi connectivity index (χ4n) is 3.51. The Labute approximate surface area is 147 Å². The summed E-state index contributed by atoms with van der Waals surface area (Å²) in [6, 6.07) is 5.81. The zero-order chi connectivity index (χ0) is 18.0. The van der Waals surface area contributed by atoms with Crippen LogP contribution in [0, 0.1) is 12.8 Å². The standard InChI is InChI=1S/C19H25N3O3/c1-12-6-7-14-15(9-12)20-18(19(24)25-3)17(14)21-16(23)11-22-8-4-5-13(2)10-22/h6-7,9,13,20H,4-5,8,10-11H2,1-3H3,(H,21,23). The molecule has 3 rings (SSSR count). The third-order valence-corrected chi connectivity index (χ3v) is 4.72. The number of ether oxygens (including phenoxy) is 1. The highest BCUT2D eigenvalue weighted by Crippen LogP contribution is 2.29. The summed E-state index contributed by atoms with van der Waals surface area (Å²) < 4.78 is 4.85. The minimum absolute atomic E-state index is 0.110. The van der Waals surface area contributed by atoms with E-state index in [2.05, 4.69) is 22.1 Å². The van der Waals surface area contributed by atoms with Crippen LogP contribution in [0.1, 0.15) is 35.8 Å². The van der Waals surface area contributed by atoms with Gasteiger partial charge in [0.05, 0.1) is 19.3 Å². The average Bonchev–Trinajstić information content (AvgIpc) is 2.91. The fraction of sp³-hybridized carbons (Fsp3) is 0.474. The Morgan fingerprint density at radius 3 is 2.92 bits per heavy atom. The largest absolute Gasteiger partial charge is 0.464 e. The second kappa shape index (κ2) is 7.27. The van der Waals surface area contributed by atoms with Crippen LogP contribution in [0.3, 0.4) is 0 Å². The van der Waals surface area contributed by atoms with Gasteiger partial charge in [0.15, 0.2) is 0 Å². The number of H-pyrrole nitrogens is 1. The molecule has 6 heteroatoms. The van der Waals surface area contributed by atoms with Crippen molar-refractivity contribution >= 4 is 28.5 Å². The highest BCUT2D eigenvalue weighted by molar-refractivity contribution is 6.11. The highest BCUT2D eigenvalue weighted by Gasteiger charge is 2.23. The lowest BCUT2D eigenvalue weighted by molar-refractivity contribution is -0.117. The van der Waals surface area contributed by atoms with E-state index in [4.69, 9.17) is 4.74 Å². The number of aromatic nitrogens is 1. The molecule has 1 atom stereocenters. The molecule has 0 bridgehead atoms. The van der Waals surface area contributed by atoms with Crippen LogP contribution in [0.15, 0.2) is 18.2 Å². The Morgan fingerprint density at radius 2 is 2.20 bits per heavy atom. The van der Waals surface area contributed by atoms with E-state index in [1.54, 1.807) is 0 Å². The number of nitrogens with zero attached hydrogens (tertiary/aromatic N) is 1. The molecular weight excluding hydrogens is 318 g/mol. The van der Waals surface area contributed by atoms with E-state index in [0.717, 1.165) is 36.0 Å². The number of carbonyl (C=O) groups excluding carboxylic acids is 2. The third kappa shape index (κ3) is 3.85. The van der Waals surface area contributed by atoms with Gasteiger partial charge in [0.2, 0.25) is 5.91 Å². The fourth-order valence-corrected chi connectivity index (χ4v) is 3.51. The predicted octanol–water partition coefficient (Wildman–Crippen LogP) is 2.93. The van der Waals surface area contributed by atoms with Crippen molar-refractivity contribution in [2.75, 3.05) is 32.1 Å². The number of piperidine rings is 1. The molecule has 2 aromatic rings. The third-order valence-electron chi connectivity index (χ3n) is 4.72. The van der Waals surface area contributed by atoms with Crippen molar-refractivity contribution in [2.24, 2.45) is 5.92 Å². The topological polar surface area (TPSA) is 74.4 Å². The summed E-state index contributed by atoms with van der Waals surface area (Å²) in [5.41, 5.74) is 2.66. The summed E-state index contributed by atoms with van der Waals surface area (Å²) in [6.45, 7) is 6.40. The van der Waals surface area contributed by atoms with Crippen molar-refractivity contribution in [1.82, 2.24) is 9.88 Å². The van der Waals surface area contributed by atoms with Crippen LogP contribution in [0.4, 0.5) is 5.69 Å². The van der Waals surface area contributed by atoms with Gasteiger partial charge in [-0.15, -0.1) is 0 Å². The molecule has 1 aliphatic heterocycles. The number of rotatable bonds is 4. The Kier molecular flexibility index (Phi) is 5.08. The molecule has 0 aliphatic carbocycles. The van der Waals surface area contributed by atoms with Crippen LogP contribution in [-0.2, 0) is 9.53 Å². The summed E-state index contributed by atoms with van der Waals surface area (Å²) in [7, 11) is 1.33. The lowest BCUT2D eigenvalue weighted by Crippen LogP contribution is -2.39. The molecule has 1 amide bonds. The number of likely N-dealkylation sites (tertiary alicyclic amines) is 1. The number of aromatic amines is 1. The Hall–Kier alpha value is -2.34. The maximum Gasteiger partial charge on any atom is 0.356 e. The Balaban J connectivity index is 1.83. The first kappa shape index (κ1) is 17.5. The van der Waals surface area contributed by atoms with Gasteiger partial charge < -0.3 is 15.0 Å². The van der Waals surface area contributed by atoms with Crippen LogP contribution in [0.5, 0.6) is 0 Å². The number of hydrogen-bond donors (Lipinski definition) is 2. The first-order chi connectivity index (χ1) is 12.0. The van der Waals surface area contributed by atoms with Crippen molar-refractivity contribution in [2.45, 2.75) is 26.7 Å². The van der Waals surface area contributed by atoms with Gasteiger partial charge in [0.1, 0.15) is 5.69 Å². The van der Waals surface area contributed by atoms with E-state index in [0.29, 0.717) is 18.2 Å². The lowest BCUT2D eigenvalue weighted by atomic mass is 10.0. The zero-order valence-corrected chi connectivity index (χ0v) is 15.0. The van der Waals surface area contributed by atoms with Crippen LogP contribution in [0.25, 0.3) is 10.9 Å². The Bertz CT molecular complexity index is 797. The van der Waals surface area contributed by atoms with Gasteiger partial charge in [-0.3, -0.25) is 9.69 Å². The molecule has 0 saturated carbocycles. The number of aryl methyl sites for hydroxylation is 1. The van der Waals surface area contributed by atoms with Crippen LogP contribution >= 0.6 is 0 Å². The number of amides is 1. The minimum Gasteiger partial charge on any atom is -0.464 e. The van der Waals surface area contributed by atoms with Crippen LogP contribution in [0.2, 0.25) is 0 Å². The number of methoxy groups -OCH3 is 1. The smallest absolute Gasteiger partial charge is 0.356 e. The monoisotopic (exact) mass is 343 g/mol. The quantitative estimate of drug-likeness (QED) is 0.837. The van der Waals surface area contributed by atoms with Gasteiger partial charge in [-0.2, -0.15) is 0 Å². The second-order valence-electron chi connectivity index (χ2n) is 6.95. The highest BCUT2D eigenvalue weighted by atomic mass is 16.5. The number of benzene rings is 1. The summed E-state index contributed by atoms with van der Waals surface area (Å²) in [5, 5.41) is 3.73. The molecule has 2 heterocycles. The van der Waals surface area contributed by atoms with E-state index in [9.17, 15) is 9.59 Å². The molecule has 2 N–H and O–H groups in total. The minimum atomic E-state index is -0.490. The summed E-state index contributed by atoms with van der Waals surface area (Å²) in [6.07, 6.45) is 2.33. The van der Waals surface area contributed by atoms with Crippen LogP contribution in [-0.4, -0.2) is 48.5 Å². The van der Waals surface area contributed by atoms with Crippen molar-refractivity contribution < 1.29 is 14.3 Å². The van der Waals surface area contributed by atoms with E-state index in [1.165, 1.54) is 13.5 Å². The molecular formula is C19H25N3O3. The molecule has 25 heavy (non-hydrogen) atoms. The Morgan fingerprint density at radius 1 is 1.40 bits per heavy atom. The molecule has 134 valence electrons. The maximum absolute atomic E-state index is 12.5. The lowest BCUT2D eigenvalue weighted by Gasteiger charge is -2.30. The summed E-state index contributed by atoms with van der Waals surface area (Å²) >= 11 is 0. The summed E-state index contributed by atoms with van der Waals surface area (Å²) in [5.74, 6) is 0.0136. The number of nitrogens with one attached hydrogen (secondary N) is 2. The van der Waals surface area contributed by atoms with E-state index in [-0.39, 0.29) is 11.6 Å². The number of carbonyl (C=O) groups is 2. The molecule has 1 aliphatic rings. The maximum atomic E-state index is 12.5. The number of anilines is 1. The van der Waals surface area contributed by atoms with Crippen molar-refractivity contribution in [3.63, 3.8) is 0 Å². The molecule has 0 radical (unpaired) electrons.